The minimum atomic E-state index is -4.81. The van der Waals surface area contributed by atoms with Gasteiger partial charge in [-0.3, -0.25) is 9.69 Å². The first-order valence-corrected chi connectivity index (χ1v) is 11.3. The summed E-state index contributed by atoms with van der Waals surface area (Å²) in [6, 6.07) is 6.41. The molecule has 0 spiro atoms. The summed E-state index contributed by atoms with van der Waals surface area (Å²) in [6.07, 6.45) is 1.02. The standard InChI is InChI=1S/C23H27F3N4O3/c1-2-33-22(32)19-15-27-30(20(19)23(24,25)26)18-9-7-16(8-10-18)21(31)29-13-11-28(12-14-29)17-5-3-4-6-17/h7-10,15,17H,2-6,11-14H2,1H3. The van der Waals surface area contributed by atoms with E-state index in [4.69, 9.17) is 4.74 Å². The second-order valence-electron chi connectivity index (χ2n) is 8.35. The fraction of sp³-hybridized carbons (Fsp3) is 0.522. The second kappa shape index (κ2) is 9.54. The number of rotatable bonds is 5. The Morgan fingerprint density at radius 2 is 1.70 bits per heavy atom. The van der Waals surface area contributed by atoms with Gasteiger partial charge in [0.15, 0.2) is 5.69 Å². The molecule has 10 heteroatoms. The molecule has 178 valence electrons. The summed E-state index contributed by atoms with van der Waals surface area (Å²) >= 11 is 0. The van der Waals surface area contributed by atoms with Crippen LogP contribution in [-0.2, 0) is 10.9 Å². The van der Waals surface area contributed by atoms with Gasteiger partial charge >= 0.3 is 12.1 Å². The minimum Gasteiger partial charge on any atom is -0.462 e. The maximum atomic E-state index is 13.7. The highest BCUT2D eigenvalue weighted by Gasteiger charge is 2.41. The van der Waals surface area contributed by atoms with E-state index in [0.29, 0.717) is 29.4 Å². The van der Waals surface area contributed by atoms with E-state index in [-0.39, 0.29) is 18.2 Å². The van der Waals surface area contributed by atoms with Crippen molar-refractivity contribution in [2.75, 3.05) is 32.8 Å². The van der Waals surface area contributed by atoms with E-state index in [1.807, 2.05) is 0 Å². The van der Waals surface area contributed by atoms with Crippen LogP contribution in [0.25, 0.3) is 5.69 Å². The number of carbonyl (C=O) groups excluding carboxylic acids is 2. The fourth-order valence-corrected chi connectivity index (χ4v) is 4.66. The Morgan fingerprint density at radius 3 is 2.27 bits per heavy atom. The Hall–Kier alpha value is -2.88. The molecule has 1 aromatic carbocycles. The molecule has 2 aromatic rings. The number of aromatic nitrogens is 2. The fourth-order valence-electron chi connectivity index (χ4n) is 4.66. The van der Waals surface area contributed by atoms with Crippen LogP contribution < -0.4 is 0 Å². The predicted octanol–water partition coefficient (Wildman–Crippen LogP) is 3.77. The molecule has 1 aliphatic heterocycles. The third-order valence-corrected chi connectivity index (χ3v) is 6.33. The first kappa shape index (κ1) is 23.3. The van der Waals surface area contributed by atoms with Crippen molar-refractivity contribution in [3.8, 4) is 5.69 Å². The van der Waals surface area contributed by atoms with E-state index in [0.717, 1.165) is 19.3 Å². The van der Waals surface area contributed by atoms with Crippen molar-refractivity contribution in [2.24, 2.45) is 0 Å². The lowest BCUT2D eigenvalue weighted by Crippen LogP contribution is -2.51. The Balaban J connectivity index is 1.48. The van der Waals surface area contributed by atoms with Crippen LogP contribution in [0.3, 0.4) is 0 Å². The molecular formula is C23H27F3N4O3. The normalized spacial score (nSPS) is 18.0. The summed E-state index contributed by atoms with van der Waals surface area (Å²) in [7, 11) is 0. The number of amides is 1. The Morgan fingerprint density at radius 1 is 1.06 bits per heavy atom. The molecule has 0 unspecified atom stereocenters. The maximum absolute atomic E-state index is 13.7. The van der Waals surface area contributed by atoms with Crippen LogP contribution in [0.2, 0.25) is 0 Å². The van der Waals surface area contributed by atoms with E-state index < -0.39 is 23.4 Å². The van der Waals surface area contributed by atoms with Gasteiger partial charge in [0.05, 0.1) is 18.5 Å². The molecule has 2 aliphatic rings. The quantitative estimate of drug-likeness (QED) is 0.631. The molecule has 1 aliphatic carbocycles. The van der Waals surface area contributed by atoms with Crippen LogP contribution in [0.5, 0.6) is 0 Å². The molecule has 0 radical (unpaired) electrons. The molecule has 33 heavy (non-hydrogen) atoms. The summed E-state index contributed by atoms with van der Waals surface area (Å²) in [6.45, 7) is 4.42. The minimum absolute atomic E-state index is 0.0486. The molecule has 0 bridgehead atoms. The van der Waals surface area contributed by atoms with Crippen LogP contribution in [0.1, 0.15) is 59.0 Å². The second-order valence-corrected chi connectivity index (χ2v) is 8.35. The molecule has 2 heterocycles. The predicted molar refractivity (Wildman–Crippen MR) is 114 cm³/mol. The summed E-state index contributed by atoms with van der Waals surface area (Å²) in [5, 5.41) is 3.76. The van der Waals surface area contributed by atoms with Gasteiger partial charge in [0.1, 0.15) is 5.56 Å². The van der Waals surface area contributed by atoms with Crippen LogP contribution in [0.15, 0.2) is 30.5 Å². The molecule has 7 nitrogen and oxygen atoms in total. The van der Waals surface area contributed by atoms with E-state index >= 15 is 0 Å². The number of hydrogen-bond donors (Lipinski definition) is 0. The van der Waals surface area contributed by atoms with Gasteiger partial charge in [-0.1, -0.05) is 12.8 Å². The van der Waals surface area contributed by atoms with Gasteiger partial charge in [0.25, 0.3) is 5.91 Å². The first-order valence-electron chi connectivity index (χ1n) is 11.3. The number of hydrogen-bond acceptors (Lipinski definition) is 5. The summed E-state index contributed by atoms with van der Waals surface area (Å²) < 4.78 is 46.4. The van der Waals surface area contributed by atoms with E-state index in [2.05, 4.69) is 10.00 Å². The number of benzene rings is 1. The number of piperazine rings is 1. The third kappa shape index (κ3) is 4.90. The van der Waals surface area contributed by atoms with Crippen molar-refractivity contribution in [1.82, 2.24) is 19.6 Å². The zero-order valence-corrected chi connectivity index (χ0v) is 18.5. The van der Waals surface area contributed by atoms with Crippen molar-refractivity contribution in [3.63, 3.8) is 0 Å². The molecule has 0 N–H and O–H groups in total. The molecular weight excluding hydrogens is 437 g/mol. The lowest BCUT2D eigenvalue weighted by atomic mass is 10.1. The highest BCUT2D eigenvalue weighted by molar-refractivity contribution is 5.94. The number of esters is 1. The van der Waals surface area contributed by atoms with Crippen molar-refractivity contribution < 1.29 is 27.5 Å². The molecule has 1 amide bonds. The largest absolute Gasteiger partial charge is 0.462 e. The Kier molecular flexibility index (Phi) is 6.73. The molecule has 0 atom stereocenters. The van der Waals surface area contributed by atoms with Crippen LogP contribution >= 0.6 is 0 Å². The summed E-state index contributed by atoms with van der Waals surface area (Å²) in [5.41, 5.74) is -1.35. The van der Waals surface area contributed by atoms with Crippen LogP contribution in [0, 0.1) is 0 Å². The van der Waals surface area contributed by atoms with Gasteiger partial charge in [-0.15, -0.1) is 0 Å². The topological polar surface area (TPSA) is 67.7 Å². The Labute approximate surface area is 190 Å². The van der Waals surface area contributed by atoms with Crippen molar-refractivity contribution >= 4 is 11.9 Å². The molecule has 1 saturated carbocycles. The molecule has 2 fully saturated rings. The SMILES string of the molecule is CCOC(=O)c1cnn(-c2ccc(C(=O)N3CCN(C4CCCC4)CC3)cc2)c1C(F)(F)F. The summed E-state index contributed by atoms with van der Waals surface area (Å²) in [5.74, 6) is -1.23. The van der Waals surface area contributed by atoms with Crippen LogP contribution in [-0.4, -0.2) is 70.3 Å². The average Bonchev–Trinajstić information content (AvgIpc) is 3.49. The monoisotopic (exact) mass is 464 g/mol. The van der Waals surface area contributed by atoms with Crippen molar-refractivity contribution in [3.05, 3.63) is 47.3 Å². The molecule has 1 saturated heterocycles. The van der Waals surface area contributed by atoms with E-state index in [1.165, 1.54) is 56.9 Å². The van der Waals surface area contributed by atoms with Crippen LogP contribution in [0.4, 0.5) is 13.2 Å². The summed E-state index contributed by atoms with van der Waals surface area (Å²) in [4.78, 5) is 29.1. The number of nitrogens with zero attached hydrogens (tertiary/aromatic N) is 4. The van der Waals surface area contributed by atoms with Gasteiger partial charge in [0.2, 0.25) is 0 Å². The lowest BCUT2D eigenvalue weighted by Gasteiger charge is -2.38. The van der Waals surface area contributed by atoms with Gasteiger partial charge in [-0.2, -0.15) is 18.3 Å². The number of ether oxygens (including phenoxy) is 1. The van der Waals surface area contributed by atoms with Gasteiger partial charge in [-0.25, -0.2) is 9.48 Å². The Bertz CT molecular complexity index is 989. The van der Waals surface area contributed by atoms with Gasteiger partial charge in [0, 0.05) is 37.8 Å². The third-order valence-electron chi connectivity index (χ3n) is 6.33. The van der Waals surface area contributed by atoms with E-state index in [1.54, 1.807) is 4.90 Å². The maximum Gasteiger partial charge on any atom is 0.434 e. The lowest BCUT2D eigenvalue weighted by molar-refractivity contribution is -0.143. The number of alkyl halides is 3. The van der Waals surface area contributed by atoms with Crippen molar-refractivity contribution in [1.29, 1.82) is 0 Å². The van der Waals surface area contributed by atoms with Crippen molar-refractivity contribution in [2.45, 2.75) is 44.8 Å². The highest BCUT2D eigenvalue weighted by Crippen LogP contribution is 2.34. The molecule has 4 rings (SSSR count). The number of carbonyl (C=O) groups is 2. The van der Waals surface area contributed by atoms with E-state index in [9.17, 15) is 22.8 Å². The number of halogens is 3. The van der Waals surface area contributed by atoms with Gasteiger partial charge < -0.3 is 9.64 Å². The molecule has 1 aromatic heterocycles. The van der Waals surface area contributed by atoms with Gasteiger partial charge in [-0.05, 0) is 44.0 Å². The zero-order chi connectivity index (χ0) is 23.6. The highest BCUT2D eigenvalue weighted by atomic mass is 19.4. The zero-order valence-electron chi connectivity index (χ0n) is 18.5. The smallest absolute Gasteiger partial charge is 0.434 e. The first-order chi connectivity index (χ1) is 15.8. The average molecular weight is 464 g/mol.